The van der Waals surface area contributed by atoms with E-state index < -0.39 is 32.0 Å². The Bertz CT molecular complexity index is 1580. The van der Waals surface area contributed by atoms with Crippen LogP contribution in [0, 0.1) is 5.41 Å². The van der Waals surface area contributed by atoms with Crippen LogP contribution < -0.4 is 10.6 Å². The van der Waals surface area contributed by atoms with Crippen molar-refractivity contribution in [3.63, 3.8) is 0 Å². The van der Waals surface area contributed by atoms with Gasteiger partial charge in [-0.1, -0.05) is 121 Å². The molecule has 4 atom stereocenters. The van der Waals surface area contributed by atoms with Crippen LogP contribution in [-0.4, -0.2) is 36.0 Å². The molecule has 0 radical (unpaired) electrons. The highest BCUT2D eigenvalue weighted by Gasteiger charge is 2.52. The summed E-state index contributed by atoms with van der Waals surface area (Å²) in [6.07, 6.45) is 2.00. The van der Waals surface area contributed by atoms with E-state index in [1.54, 1.807) is 6.20 Å². The van der Waals surface area contributed by atoms with Crippen molar-refractivity contribution in [3.05, 3.63) is 156 Å². The van der Waals surface area contributed by atoms with Crippen LogP contribution in [0.3, 0.4) is 0 Å². The molecule has 50 heavy (non-hydrogen) atoms. The summed E-state index contributed by atoms with van der Waals surface area (Å²) in [4.78, 5) is 12.2. The second-order valence-electron chi connectivity index (χ2n) is 11.7. The lowest BCUT2D eigenvalue weighted by Gasteiger charge is -2.36. The third kappa shape index (κ3) is 12.1. The van der Waals surface area contributed by atoms with E-state index in [0.29, 0.717) is 26.2 Å². The van der Waals surface area contributed by atoms with Gasteiger partial charge in [-0.15, -0.1) is 0 Å². The summed E-state index contributed by atoms with van der Waals surface area (Å²) >= 11 is 0. The zero-order valence-electron chi connectivity index (χ0n) is 27.9. The molecule has 1 fully saturated rings. The number of benzene rings is 4. The van der Waals surface area contributed by atoms with Gasteiger partial charge in [0.25, 0.3) is 0 Å². The van der Waals surface area contributed by atoms with Gasteiger partial charge >= 0.3 is 6.09 Å². The van der Waals surface area contributed by atoms with Crippen molar-refractivity contribution in [2.45, 2.75) is 57.3 Å². The molecule has 5 rings (SSSR count). The lowest BCUT2D eigenvalue weighted by atomic mass is 10.0. The molecule has 12 heteroatoms. The van der Waals surface area contributed by atoms with E-state index in [9.17, 15) is 4.79 Å². The third-order valence-electron chi connectivity index (χ3n) is 7.84. The molecule has 0 spiro atoms. The molecule has 4 aromatic carbocycles. The third-order valence-corrected chi connectivity index (χ3v) is 10.4. The van der Waals surface area contributed by atoms with Crippen LogP contribution in [-0.2, 0) is 54.0 Å². The van der Waals surface area contributed by atoms with Gasteiger partial charge in [0.2, 0.25) is 0 Å². The van der Waals surface area contributed by atoms with Crippen LogP contribution in [0.4, 0.5) is 4.79 Å². The second-order valence-corrected chi connectivity index (χ2v) is 14.5. The van der Waals surface area contributed by atoms with Crippen LogP contribution >= 0.6 is 17.4 Å². The van der Waals surface area contributed by atoms with Gasteiger partial charge in [-0.05, 0) is 35.3 Å². The van der Waals surface area contributed by atoms with Crippen molar-refractivity contribution in [2.75, 3.05) is 6.61 Å². The van der Waals surface area contributed by atoms with E-state index in [1.807, 2.05) is 121 Å². The number of amidine groups is 1. The average molecular weight is 716 g/mol. The van der Waals surface area contributed by atoms with E-state index in [-0.39, 0.29) is 28.1 Å². The number of ether oxygens (including phenoxy) is 2. The van der Waals surface area contributed by atoms with E-state index in [0.717, 1.165) is 22.3 Å². The largest absolute Gasteiger partial charge is 0.444 e. The van der Waals surface area contributed by atoms with Crippen molar-refractivity contribution >= 4 is 29.3 Å². The summed E-state index contributed by atoms with van der Waals surface area (Å²) in [6, 6.07) is 39.3. The van der Waals surface area contributed by atoms with Gasteiger partial charge in [0.15, 0.2) is 17.4 Å². The summed E-state index contributed by atoms with van der Waals surface area (Å²) in [6.45, 7) is 3.69. The standard InChI is InChI=1S/C38H43N3O7P2/c1-38(50(46-27-32-18-10-4-11-19-32)47-28-33-20-12-5-13-21-33)24-36(48-34(38)29-45-49-44-26-31-16-8-3-9-17-31)40-23-22-35(39)41-37(42)43-25-30-14-6-2-7-15-30/h2-23,34,36,40,49H,24-29H2,1H3,(H2,39,41,42)/b23-22-/t34-,36-,38-/m1/s1. The Labute approximate surface area is 296 Å². The first kappa shape index (κ1) is 37.3. The second kappa shape index (κ2) is 20.0. The van der Waals surface area contributed by atoms with E-state index in [4.69, 9.17) is 33.0 Å². The molecule has 0 saturated carbocycles. The first-order valence-corrected chi connectivity index (χ1v) is 18.3. The summed E-state index contributed by atoms with van der Waals surface area (Å²) < 4.78 is 36.7. The maximum absolute atomic E-state index is 12.2. The van der Waals surface area contributed by atoms with Crippen molar-refractivity contribution in [1.29, 1.82) is 5.41 Å². The van der Waals surface area contributed by atoms with E-state index in [2.05, 4.69) is 17.6 Å². The molecule has 262 valence electrons. The Morgan fingerprint density at radius 3 is 1.84 bits per heavy atom. The molecular weight excluding hydrogens is 672 g/mol. The minimum absolute atomic E-state index is 0.111. The summed E-state index contributed by atoms with van der Waals surface area (Å²) in [5.74, 6) is -0.132. The number of carbonyl (C=O) groups is 1. The molecule has 0 aromatic heterocycles. The first-order valence-electron chi connectivity index (χ1n) is 16.3. The molecule has 1 unspecified atom stereocenters. The molecule has 10 nitrogen and oxygen atoms in total. The zero-order valence-corrected chi connectivity index (χ0v) is 29.8. The number of amides is 1. The maximum atomic E-state index is 12.2. The molecule has 1 amide bonds. The zero-order chi connectivity index (χ0) is 34.9. The van der Waals surface area contributed by atoms with Gasteiger partial charge in [-0.3, -0.25) is 10.7 Å². The van der Waals surface area contributed by atoms with Crippen molar-refractivity contribution in [3.8, 4) is 0 Å². The molecule has 1 heterocycles. The Morgan fingerprint density at radius 2 is 1.30 bits per heavy atom. The number of carbonyl (C=O) groups excluding carboxylic acids is 1. The van der Waals surface area contributed by atoms with Gasteiger partial charge in [0.1, 0.15) is 18.7 Å². The molecule has 4 aromatic rings. The molecular formula is C38H43N3O7P2. The Hall–Kier alpha value is -3.98. The van der Waals surface area contributed by atoms with Crippen LogP contribution in [0.2, 0.25) is 0 Å². The monoisotopic (exact) mass is 715 g/mol. The number of hydrogen-bond donors (Lipinski definition) is 3. The number of nitrogens with one attached hydrogen (secondary N) is 3. The van der Waals surface area contributed by atoms with Gasteiger partial charge in [-0.2, -0.15) is 0 Å². The lowest BCUT2D eigenvalue weighted by molar-refractivity contribution is 0.00128. The van der Waals surface area contributed by atoms with Crippen LogP contribution in [0.5, 0.6) is 0 Å². The SMILES string of the molecule is C[C@@]1(P(OCc2ccccc2)OCc2ccccc2)C[C@H](N/C=C\C(=N)NC(=O)OCc2ccccc2)O[C@@H]1COPOCc1ccccc1. The average Bonchev–Trinajstić information content (AvgIpc) is 3.47. The molecule has 1 aliphatic rings. The van der Waals surface area contributed by atoms with Gasteiger partial charge in [0, 0.05) is 12.6 Å². The Balaban J connectivity index is 1.22. The number of rotatable bonds is 18. The van der Waals surface area contributed by atoms with Gasteiger partial charge in [0.05, 0.1) is 37.7 Å². The molecule has 1 aliphatic heterocycles. The maximum Gasteiger partial charge on any atom is 0.413 e. The van der Waals surface area contributed by atoms with Crippen molar-refractivity contribution in [2.24, 2.45) is 0 Å². The Kier molecular flexibility index (Phi) is 14.9. The van der Waals surface area contributed by atoms with Crippen LogP contribution in [0.15, 0.2) is 134 Å². The fourth-order valence-electron chi connectivity index (χ4n) is 5.14. The quantitative estimate of drug-likeness (QED) is 0.0407. The predicted octanol–water partition coefficient (Wildman–Crippen LogP) is 8.35. The molecule has 1 saturated heterocycles. The minimum Gasteiger partial charge on any atom is -0.444 e. The molecule has 0 aliphatic carbocycles. The first-order chi connectivity index (χ1) is 24.5. The summed E-state index contributed by atoms with van der Waals surface area (Å²) in [5, 5.41) is 13.2. The number of alkyl carbamates (subject to hydrolysis) is 1. The van der Waals surface area contributed by atoms with Gasteiger partial charge < -0.3 is 32.9 Å². The Morgan fingerprint density at radius 1 is 0.800 bits per heavy atom. The summed E-state index contributed by atoms with van der Waals surface area (Å²) in [7, 11) is -1.68. The minimum atomic E-state index is -1.50. The van der Waals surface area contributed by atoms with Crippen molar-refractivity contribution in [1.82, 2.24) is 10.6 Å². The highest BCUT2D eigenvalue weighted by molar-refractivity contribution is 7.49. The van der Waals surface area contributed by atoms with Crippen LogP contribution in [0.1, 0.15) is 35.6 Å². The lowest BCUT2D eigenvalue weighted by Crippen LogP contribution is -2.37. The fourth-order valence-corrected chi connectivity index (χ4v) is 7.55. The van der Waals surface area contributed by atoms with Gasteiger partial charge in [-0.25, -0.2) is 4.79 Å². The molecule has 3 N–H and O–H groups in total. The molecule has 0 bridgehead atoms. The smallest absolute Gasteiger partial charge is 0.413 e. The predicted molar refractivity (Wildman–Crippen MR) is 196 cm³/mol. The highest BCUT2D eigenvalue weighted by atomic mass is 31.2. The van der Waals surface area contributed by atoms with Crippen molar-refractivity contribution < 1.29 is 32.4 Å². The fraction of sp³-hybridized carbons (Fsp3) is 0.263. The van der Waals surface area contributed by atoms with E-state index >= 15 is 0 Å². The van der Waals surface area contributed by atoms with Crippen LogP contribution in [0.25, 0.3) is 0 Å². The van der Waals surface area contributed by atoms with E-state index in [1.165, 1.54) is 6.08 Å². The summed E-state index contributed by atoms with van der Waals surface area (Å²) in [5.41, 5.74) is 4.01. The number of hydrogen-bond acceptors (Lipinski definition) is 9. The topological polar surface area (TPSA) is 120 Å². The highest BCUT2D eigenvalue weighted by Crippen LogP contribution is 2.60. The normalized spacial score (nSPS) is 18.9.